The average Bonchev–Trinajstić information content (AvgIpc) is 2.53. The molecule has 1 aromatic rings. The van der Waals surface area contributed by atoms with Gasteiger partial charge in [0.25, 0.3) is 0 Å². The molecule has 4 nitrogen and oxygen atoms in total. The van der Waals surface area contributed by atoms with Crippen LogP contribution in [0.25, 0.3) is 0 Å². The van der Waals surface area contributed by atoms with E-state index in [2.05, 4.69) is 20.4 Å². The van der Waals surface area contributed by atoms with Gasteiger partial charge in [0.05, 0.1) is 7.11 Å². The third-order valence-electron chi connectivity index (χ3n) is 4.26. The van der Waals surface area contributed by atoms with Gasteiger partial charge in [-0.2, -0.15) is 0 Å². The van der Waals surface area contributed by atoms with Crippen LogP contribution >= 0.6 is 0 Å². The number of hydrogen-bond donors (Lipinski definition) is 0. The highest BCUT2D eigenvalue weighted by atomic mass is 16.6. The van der Waals surface area contributed by atoms with Crippen LogP contribution in [0.5, 0.6) is 5.75 Å². The molecule has 0 aliphatic rings. The van der Waals surface area contributed by atoms with Crippen molar-refractivity contribution < 1.29 is 19.1 Å². The maximum absolute atomic E-state index is 12.2. The zero-order valence-electron chi connectivity index (χ0n) is 16.1. The second-order valence-electron chi connectivity index (χ2n) is 7.61. The third kappa shape index (κ3) is 7.55. The minimum atomic E-state index is -0.589. The molecule has 0 aromatic heterocycles. The summed E-state index contributed by atoms with van der Waals surface area (Å²) in [6, 6.07) is 6.70. The molecule has 0 unspecified atom stereocenters. The first-order valence-corrected chi connectivity index (χ1v) is 8.61. The van der Waals surface area contributed by atoms with E-state index in [9.17, 15) is 9.59 Å². The van der Waals surface area contributed by atoms with Gasteiger partial charge in [0.1, 0.15) is 17.8 Å². The summed E-state index contributed by atoms with van der Waals surface area (Å²) < 4.78 is 10.6. The van der Waals surface area contributed by atoms with E-state index in [1.165, 1.54) is 0 Å². The molecule has 0 bridgehead atoms. The molecule has 0 N–H and O–H groups in total. The van der Waals surface area contributed by atoms with E-state index >= 15 is 0 Å². The normalized spacial score (nSPS) is 11.7. The molecule has 25 heavy (non-hydrogen) atoms. The predicted molar refractivity (Wildman–Crippen MR) is 99.9 cm³/mol. The number of allylic oxidation sites excluding steroid dienone is 1. The quantitative estimate of drug-likeness (QED) is 0.260. The molecule has 0 atom stereocenters. The second-order valence-corrected chi connectivity index (χ2v) is 7.61. The third-order valence-corrected chi connectivity index (χ3v) is 4.26. The largest absolute Gasteiger partial charge is 0.497 e. The Morgan fingerprint density at radius 3 is 2.20 bits per heavy atom. The van der Waals surface area contributed by atoms with Crippen molar-refractivity contribution in [3.8, 4) is 5.75 Å². The van der Waals surface area contributed by atoms with Crippen molar-refractivity contribution in [1.82, 2.24) is 0 Å². The molecule has 0 heterocycles. The number of benzene rings is 1. The highest BCUT2D eigenvalue weighted by Crippen LogP contribution is 2.27. The standard InChI is InChI=1S/C21H30O4/c1-7-20(2,3)13-8-14-21(4,5)25-19(23)15-18(22)16-9-11-17(24-6)12-10-16/h7,9-12H,1,8,13-15H2,2-6H3. The number of ketones is 1. The van der Waals surface area contributed by atoms with E-state index < -0.39 is 11.6 Å². The van der Waals surface area contributed by atoms with Gasteiger partial charge < -0.3 is 9.47 Å². The van der Waals surface area contributed by atoms with Gasteiger partial charge in [-0.3, -0.25) is 9.59 Å². The summed E-state index contributed by atoms with van der Waals surface area (Å²) in [5.41, 5.74) is -0.0397. The van der Waals surface area contributed by atoms with Crippen LogP contribution in [-0.4, -0.2) is 24.5 Å². The molecule has 0 fully saturated rings. The highest BCUT2D eigenvalue weighted by molar-refractivity contribution is 6.06. The van der Waals surface area contributed by atoms with Crippen LogP contribution in [0.1, 0.15) is 63.7 Å². The van der Waals surface area contributed by atoms with Crippen molar-refractivity contribution in [2.45, 2.75) is 59.0 Å². The second kappa shape index (κ2) is 8.84. The molecule has 0 radical (unpaired) electrons. The van der Waals surface area contributed by atoms with Crippen LogP contribution in [0.15, 0.2) is 36.9 Å². The summed E-state index contributed by atoms with van der Waals surface area (Å²) in [6.45, 7) is 11.9. The predicted octanol–water partition coefficient (Wildman–Crippen LogP) is 4.97. The van der Waals surface area contributed by atoms with Crippen LogP contribution in [0.2, 0.25) is 0 Å². The number of esters is 1. The molecular formula is C21H30O4. The SMILES string of the molecule is C=CC(C)(C)CCCC(C)(C)OC(=O)CC(=O)c1ccc(OC)cc1. The molecule has 0 saturated carbocycles. The minimum Gasteiger partial charge on any atom is -0.497 e. The Morgan fingerprint density at radius 1 is 1.08 bits per heavy atom. The molecular weight excluding hydrogens is 316 g/mol. The molecule has 0 amide bonds. The Hall–Kier alpha value is -2.10. The monoisotopic (exact) mass is 346 g/mol. The summed E-state index contributed by atoms with van der Waals surface area (Å²) in [5, 5.41) is 0. The summed E-state index contributed by atoms with van der Waals surface area (Å²) in [6.07, 6.45) is 4.33. The Kier molecular flexibility index (Phi) is 7.40. The van der Waals surface area contributed by atoms with E-state index in [4.69, 9.17) is 9.47 Å². The van der Waals surface area contributed by atoms with E-state index in [0.29, 0.717) is 11.3 Å². The molecule has 0 spiro atoms. The number of Topliss-reactive ketones (excluding diaryl/α,β-unsaturated/α-hetero) is 1. The van der Waals surface area contributed by atoms with Gasteiger partial charge in [-0.15, -0.1) is 6.58 Å². The highest BCUT2D eigenvalue weighted by Gasteiger charge is 2.25. The van der Waals surface area contributed by atoms with Crippen LogP contribution in [0.4, 0.5) is 0 Å². The van der Waals surface area contributed by atoms with Crippen LogP contribution in [0.3, 0.4) is 0 Å². The van der Waals surface area contributed by atoms with Crippen molar-refractivity contribution in [2.75, 3.05) is 7.11 Å². The van der Waals surface area contributed by atoms with Gasteiger partial charge in [0.15, 0.2) is 5.78 Å². The smallest absolute Gasteiger partial charge is 0.314 e. The molecule has 1 aromatic carbocycles. The van der Waals surface area contributed by atoms with Crippen molar-refractivity contribution in [1.29, 1.82) is 0 Å². The van der Waals surface area contributed by atoms with E-state index in [0.717, 1.165) is 19.3 Å². The number of carbonyl (C=O) groups is 2. The van der Waals surface area contributed by atoms with Crippen molar-refractivity contribution in [3.05, 3.63) is 42.5 Å². The Labute approximate surface area is 151 Å². The van der Waals surface area contributed by atoms with Gasteiger partial charge in [-0.1, -0.05) is 19.9 Å². The molecule has 138 valence electrons. The number of methoxy groups -OCH3 is 1. The van der Waals surface area contributed by atoms with Crippen molar-refractivity contribution in [2.24, 2.45) is 5.41 Å². The van der Waals surface area contributed by atoms with Crippen LogP contribution in [-0.2, 0) is 9.53 Å². The maximum atomic E-state index is 12.2. The van der Waals surface area contributed by atoms with Gasteiger partial charge in [-0.25, -0.2) is 0 Å². The zero-order chi connectivity index (χ0) is 19.1. The maximum Gasteiger partial charge on any atom is 0.314 e. The average molecular weight is 346 g/mol. The lowest BCUT2D eigenvalue weighted by molar-refractivity contribution is -0.155. The fourth-order valence-corrected chi connectivity index (χ4v) is 2.48. The Balaban J connectivity index is 2.50. The topological polar surface area (TPSA) is 52.6 Å². The lowest BCUT2D eigenvalue weighted by Gasteiger charge is -2.27. The van der Waals surface area contributed by atoms with Gasteiger partial charge in [-0.05, 0) is 62.8 Å². The molecule has 4 heteroatoms. The summed E-state index contributed by atoms with van der Waals surface area (Å²) in [4.78, 5) is 24.3. The first-order chi connectivity index (χ1) is 11.6. The van der Waals surface area contributed by atoms with E-state index in [1.807, 2.05) is 19.9 Å². The first kappa shape index (κ1) is 20.9. The lowest BCUT2D eigenvalue weighted by Crippen LogP contribution is -2.29. The van der Waals surface area contributed by atoms with Gasteiger partial charge in [0, 0.05) is 5.56 Å². The van der Waals surface area contributed by atoms with Crippen LogP contribution < -0.4 is 4.74 Å². The number of carbonyl (C=O) groups excluding carboxylic acids is 2. The number of ether oxygens (including phenoxy) is 2. The fraction of sp³-hybridized carbons (Fsp3) is 0.524. The van der Waals surface area contributed by atoms with Crippen molar-refractivity contribution in [3.63, 3.8) is 0 Å². The van der Waals surface area contributed by atoms with E-state index in [1.54, 1.807) is 31.4 Å². The summed E-state index contributed by atoms with van der Waals surface area (Å²) in [5.74, 6) is -0.0762. The van der Waals surface area contributed by atoms with Crippen LogP contribution in [0, 0.1) is 5.41 Å². The summed E-state index contributed by atoms with van der Waals surface area (Å²) in [7, 11) is 1.56. The zero-order valence-corrected chi connectivity index (χ0v) is 16.1. The number of rotatable bonds is 10. The van der Waals surface area contributed by atoms with Gasteiger partial charge >= 0.3 is 5.97 Å². The van der Waals surface area contributed by atoms with E-state index in [-0.39, 0.29) is 17.6 Å². The molecule has 0 saturated heterocycles. The minimum absolute atomic E-state index is 0.0738. The molecule has 1 rings (SSSR count). The fourth-order valence-electron chi connectivity index (χ4n) is 2.48. The first-order valence-electron chi connectivity index (χ1n) is 8.61. The summed E-state index contributed by atoms with van der Waals surface area (Å²) >= 11 is 0. The van der Waals surface area contributed by atoms with Gasteiger partial charge in [0.2, 0.25) is 0 Å². The Bertz CT molecular complexity index is 597. The molecule has 0 aliphatic carbocycles. The Morgan fingerprint density at radius 2 is 1.68 bits per heavy atom. The van der Waals surface area contributed by atoms with Crippen molar-refractivity contribution >= 4 is 11.8 Å². The number of hydrogen-bond acceptors (Lipinski definition) is 4. The molecule has 0 aliphatic heterocycles. The lowest BCUT2D eigenvalue weighted by atomic mass is 9.85.